The number of carbonyl (C=O) groups is 1. The highest BCUT2D eigenvalue weighted by molar-refractivity contribution is 5.79. The molecule has 8 rings (SSSR count). The van der Waals surface area contributed by atoms with Crippen LogP contribution in [0.1, 0.15) is 106 Å². The minimum absolute atomic E-state index is 0.127. The Morgan fingerprint density at radius 3 is 2.00 bits per heavy atom. The number of fused-ring (bicyclic) bond motifs is 7. The van der Waals surface area contributed by atoms with Crippen LogP contribution < -0.4 is 0 Å². The maximum Gasteiger partial charge on any atom is 0.315 e. The molecule has 0 radical (unpaired) electrons. The Bertz CT molecular complexity index is 1830. The molecule has 67 heavy (non-hydrogen) atoms. The van der Waals surface area contributed by atoms with E-state index in [0.717, 1.165) is 5.57 Å². The van der Waals surface area contributed by atoms with Crippen molar-refractivity contribution in [2.75, 3.05) is 19.8 Å². The molecule has 19 nitrogen and oxygen atoms in total. The second kappa shape index (κ2) is 18.2. The van der Waals surface area contributed by atoms with Gasteiger partial charge in [-0.2, -0.15) is 0 Å². The first kappa shape index (κ1) is 51.9. The van der Waals surface area contributed by atoms with E-state index in [1.165, 1.54) is 6.92 Å². The lowest BCUT2D eigenvalue weighted by Crippen LogP contribution is -2.69. The lowest BCUT2D eigenvalue weighted by atomic mass is 9.33. The standard InChI is InChI=1S/C48H78O19/c1-21-29(53)31(55)34(58)40(63-21)66-37-25(18-49)64-39(36(60)33(37)57)62-19-26-30(54)32(56)35(59)41(65-26)67-42(61)48-14-12-43(2,3)16-23(48)22-8-9-27-44(4)11-10-28(52)45(5,20-50)38(44)24(51)17-47(27,7)46(22,6)13-15-48/h8,21,23-41,49-60H,9-20H2,1-7H3/t21-,23-,24?,25+,26+,27+,28-,29-,30+,31+,32-,33+,34+,35+,36+,37+,38?,39+,40-,41-,44+,45+,46+,47+,48-/m0/s1. The summed E-state index contributed by atoms with van der Waals surface area (Å²) >= 11 is 0. The van der Waals surface area contributed by atoms with Gasteiger partial charge in [-0.05, 0) is 98.2 Å². The van der Waals surface area contributed by atoms with Crippen LogP contribution in [0.25, 0.3) is 0 Å². The van der Waals surface area contributed by atoms with E-state index in [9.17, 15) is 66.1 Å². The summed E-state index contributed by atoms with van der Waals surface area (Å²) in [6, 6.07) is 0. The number of hydrogen-bond donors (Lipinski definition) is 12. The summed E-state index contributed by atoms with van der Waals surface area (Å²) in [5.74, 6) is -1.07. The third-order valence-electron chi connectivity index (χ3n) is 19.3. The van der Waals surface area contributed by atoms with Gasteiger partial charge in [-0.25, -0.2) is 0 Å². The molecule has 25 atom stereocenters. The maximum absolute atomic E-state index is 15.0. The highest BCUT2D eigenvalue weighted by Crippen LogP contribution is 2.76. The van der Waals surface area contributed by atoms with E-state index in [0.29, 0.717) is 57.8 Å². The predicted molar refractivity (Wildman–Crippen MR) is 232 cm³/mol. The molecule has 0 aromatic carbocycles. The molecule has 7 fully saturated rings. The van der Waals surface area contributed by atoms with Gasteiger partial charge < -0.3 is 89.7 Å². The van der Waals surface area contributed by atoms with Crippen molar-refractivity contribution in [3.8, 4) is 0 Å². The van der Waals surface area contributed by atoms with Gasteiger partial charge in [-0.1, -0.05) is 53.2 Å². The van der Waals surface area contributed by atoms with Crippen molar-refractivity contribution < 1.29 is 94.5 Å². The van der Waals surface area contributed by atoms with Gasteiger partial charge in [0.2, 0.25) is 6.29 Å². The molecule has 0 bridgehead atoms. The van der Waals surface area contributed by atoms with Crippen LogP contribution in [0.2, 0.25) is 0 Å². The van der Waals surface area contributed by atoms with Crippen LogP contribution in [-0.4, -0.2) is 191 Å². The minimum atomic E-state index is -1.87. The number of rotatable bonds is 9. The smallest absolute Gasteiger partial charge is 0.315 e. The van der Waals surface area contributed by atoms with Crippen LogP contribution in [0.3, 0.4) is 0 Å². The van der Waals surface area contributed by atoms with Gasteiger partial charge in [0.05, 0.1) is 43.5 Å². The Kier molecular flexibility index (Phi) is 14.1. The van der Waals surface area contributed by atoms with E-state index < -0.39 is 145 Å². The zero-order valence-electron chi connectivity index (χ0n) is 39.8. The Morgan fingerprint density at radius 1 is 0.701 bits per heavy atom. The van der Waals surface area contributed by atoms with Gasteiger partial charge in [0, 0.05) is 11.3 Å². The SMILES string of the molecule is C[C@@H]1O[C@@H](O[C@H]2[C@H](O)[C@@H](O)[C@H](OC[C@H]3O[C@@H](OC(=O)[C@]45CCC(C)(C)C[C@H]4C4=CC[C@@H]6[C@@]7(C)CC[C@H](O)[C@@](C)(CO)C7C(O)C[C@@]6(C)[C@]4(C)CC5)[C@H](O)[C@@H](O)[C@@H]3O)O[C@@H]2CO)[C@H](O)[C@H](O)[C@H]1O. The molecule has 2 unspecified atom stereocenters. The summed E-state index contributed by atoms with van der Waals surface area (Å²) in [5, 5.41) is 130. The Morgan fingerprint density at radius 2 is 1.33 bits per heavy atom. The van der Waals surface area contributed by atoms with Crippen molar-refractivity contribution in [1.82, 2.24) is 0 Å². The monoisotopic (exact) mass is 959 g/mol. The zero-order valence-corrected chi connectivity index (χ0v) is 39.8. The minimum Gasteiger partial charge on any atom is -0.432 e. The Balaban J connectivity index is 0.985. The Hall–Kier alpha value is -1.47. The van der Waals surface area contributed by atoms with E-state index in [-0.39, 0.29) is 35.2 Å². The third-order valence-corrected chi connectivity index (χ3v) is 19.3. The molecular weight excluding hydrogens is 881 g/mol. The highest BCUT2D eigenvalue weighted by atomic mass is 16.8. The summed E-state index contributed by atoms with van der Waals surface area (Å²) in [6.07, 6.45) is -18.3. The lowest BCUT2D eigenvalue weighted by molar-refractivity contribution is -0.361. The van der Waals surface area contributed by atoms with E-state index in [1.807, 2.05) is 6.92 Å². The first-order valence-corrected chi connectivity index (χ1v) is 24.4. The maximum atomic E-state index is 15.0. The van der Waals surface area contributed by atoms with Gasteiger partial charge in [0.1, 0.15) is 67.1 Å². The van der Waals surface area contributed by atoms with Crippen LogP contribution in [0.4, 0.5) is 0 Å². The number of allylic oxidation sites excluding steroid dienone is 2. The quantitative estimate of drug-likeness (QED) is 0.0986. The van der Waals surface area contributed by atoms with E-state index >= 15 is 0 Å². The molecule has 3 saturated heterocycles. The van der Waals surface area contributed by atoms with E-state index in [1.54, 1.807) is 0 Å². The van der Waals surface area contributed by atoms with Gasteiger partial charge in [0.15, 0.2) is 12.6 Å². The number of carbonyl (C=O) groups excluding carboxylic acids is 1. The van der Waals surface area contributed by atoms with E-state index in [2.05, 4.69) is 40.7 Å². The fraction of sp³-hybridized carbons (Fsp3) is 0.938. The van der Waals surface area contributed by atoms with E-state index in [4.69, 9.17) is 28.4 Å². The molecule has 0 aromatic rings. The van der Waals surface area contributed by atoms with Crippen LogP contribution in [-0.2, 0) is 33.2 Å². The third kappa shape index (κ3) is 8.10. The molecule has 19 heteroatoms. The van der Waals surface area contributed by atoms with Crippen molar-refractivity contribution >= 4 is 5.97 Å². The summed E-state index contributed by atoms with van der Waals surface area (Å²) in [5.41, 5.74) is -2.09. The number of hydrogen-bond acceptors (Lipinski definition) is 19. The molecular formula is C48H78O19. The number of aliphatic hydroxyl groups excluding tert-OH is 12. The van der Waals surface area contributed by atoms with Gasteiger partial charge in [-0.3, -0.25) is 4.79 Å². The summed E-state index contributed by atoms with van der Waals surface area (Å²) in [7, 11) is 0. The Labute approximate surface area is 392 Å². The second-order valence-corrected chi connectivity index (χ2v) is 23.5. The molecule has 8 aliphatic rings. The molecule has 3 heterocycles. The molecule has 0 aromatic heterocycles. The van der Waals surface area contributed by atoms with Crippen molar-refractivity contribution in [2.45, 2.75) is 211 Å². The molecule has 384 valence electrons. The molecule has 12 N–H and O–H groups in total. The normalized spacial score (nSPS) is 55.2. The van der Waals surface area contributed by atoms with Gasteiger partial charge in [0.25, 0.3) is 0 Å². The average molecular weight is 959 g/mol. The average Bonchev–Trinajstić information content (AvgIpc) is 3.27. The number of esters is 1. The molecule has 5 aliphatic carbocycles. The lowest BCUT2D eigenvalue weighted by Gasteiger charge is -2.72. The van der Waals surface area contributed by atoms with Crippen LogP contribution >= 0.6 is 0 Å². The number of aliphatic hydroxyl groups is 12. The van der Waals surface area contributed by atoms with Crippen molar-refractivity contribution in [1.29, 1.82) is 0 Å². The summed E-state index contributed by atoms with van der Waals surface area (Å²) in [4.78, 5) is 15.0. The van der Waals surface area contributed by atoms with Gasteiger partial charge in [-0.15, -0.1) is 0 Å². The van der Waals surface area contributed by atoms with Crippen LogP contribution in [0.15, 0.2) is 11.6 Å². The van der Waals surface area contributed by atoms with Crippen molar-refractivity contribution in [3.63, 3.8) is 0 Å². The molecule has 3 aliphatic heterocycles. The summed E-state index contributed by atoms with van der Waals surface area (Å²) in [6.45, 7) is 12.8. The fourth-order valence-electron chi connectivity index (χ4n) is 15.0. The molecule has 0 amide bonds. The second-order valence-electron chi connectivity index (χ2n) is 23.5. The van der Waals surface area contributed by atoms with Crippen LogP contribution in [0.5, 0.6) is 0 Å². The van der Waals surface area contributed by atoms with Crippen molar-refractivity contribution in [2.24, 2.45) is 50.2 Å². The predicted octanol–water partition coefficient (Wildman–Crippen LogP) is -0.889. The molecule has 0 spiro atoms. The topological polar surface area (TPSA) is 315 Å². The zero-order chi connectivity index (χ0) is 49.1. The highest BCUT2D eigenvalue weighted by Gasteiger charge is 2.72. The van der Waals surface area contributed by atoms with Gasteiger partial charge >= 0.3 is 5.97 Å². The van der Waals surface area contributed by atoms with Crippen molar-refractivity contribution in [3.05, 3.63) is 11.6 Å². The van der Waals surface area contributed by atoms with Crippen LogP contribution in [0, 0.1) is 50.2 Å². The first-order chi connectivity index (χ1) is 31.2. The number of ether oxygens (including phenoxy) is 6. The first-order valence-electron chi connectivity index (χ1n) is 24.4. The largest absolute Gasteiger partial charge is 0.432 e. The summed E-state index contributed by atoms with van der Waals surface area (Å²) < 4.78 is 34.7. The fourth-order valence-corrected chi connectivity index (χ4v) is 15.0. The molecule has 4 saturated carbocycles.